The molecule has 0 bridgehead atoms. The summed E-state index contributed by atoms with van der Waals surface area (Å²) in [6.45, 7) is 4.02. The fraction of sp³-hybridized carbons (Fsp3) is 0.533. The van der Waals surface area contributed by atoms with Crippen molar-refractivity contribution in [3.63, 3.8) is 0 Å². The third-order valence-electron chi connectivity index (χ3n) is 4.31. The summed E-state index contributed by atoms with van der Waals surface area (Å²) < 4.78 is 0. The van der Waals surface area contributed by atoms with Crippen LogP contribution < -0.4 is 11.1 Å². The number of halogens is 1. The summed E-state index contributed by atoms with van der Waals surface area (Å²) in [7, 11) is 0. The van der Waals surface area contributed by atoms with Gasteiger partial charge in [-0.3, -0.25) is 4.79 Å². The Morgan fingerprint density at radius 3 is 2.63 bits per heavy atom. The quantitative estimate of drug-likeness (QED) is 0.818. The molecule has 1 aromatic rings. The number of nitrogens with one attached hydrogen (secondary N) is 1. The SMILES string of the molecule is CCC1(C(=O)Nc2cc(Cl)c(N)cc2C)CCCC1. The summed E-state index contributed by atoms with van der Waals surface area (Å²) in [6, 6.07) is 3.54. The van der Waals surface area contributed by atoms with Crippen LogP contribution in [0.25, 0.3) is 0 Å². The topological polar surface area (TPSA) is 55.1 Å². The highest BCUT2D eigenvalue weighted by molar-refractivity contribution is 6.33. The molecule has 0 spiro atoms. The molecule has 0 aromatic heterocycles. The average molecular weight is 281 g/mol. The van der Waals surface area contributed by atoms with Crippen molar-refractivity contribution in [1.82, 2.24) is 0 Å². The van der Waals surface area contributed by atoms with Gasteiger partial charge in [0.15, 0.2) is 0 Å². The number of hydrogen-bond donors (Lipinski definition) is 2. The molecule has 0 radical (unpaired) electrons. The molecule has 2 rings (SSSR count). The van der Waals surface area contributed by atoms with E-state index in [1.807, 2.05) is 6.92 Å². The lowest BCUT2D eigenvalue weighted by atomic mass is 9.82. The molecule has 104 valence electrons. The number of aryl methyl sites for hydroxylation is 1. The first kappa shape index (κ1) is 14.2. The molecule has 0 heterocycles. The van der Waals surface area contributed by atoms with E-state index in [4.69, 9.17) is 17.3 Å². The van der Waals surface area contributed by atoms with Gasteiger partial charge in [-0.2, -0.15) is 0 Å². The first-order valence-corrected chi connectivity index (χ1v) is 7.23. The van der Waals surface area contributed by atoms with Gasteiger partial charge in [0.2, 0.25) is 5.91 Å². The Hall–Kier alpha value is -1.22. The van der Waals surface area contributed by atoms with Gasteiger partial charge in [0.05, 0.1) is 10.7 Å². The highest BCUT2D eigenvalue weighted by Crippen LogP contribution is 2.42. The van der Waals surface area contributed by atoms with Gasteiger partial charge in [-0.15, -0.1) is 0 Å². The lowest BCUT2D eigenvalue weighted by Crippen LogP contribution is -2.33. The van der Waals surface area contributed by atoms with Crippen LogP contribution in [0.15, 0.2) is 12.1 Å². The predicted molar refractivity (Wildman–Crippen MR) is 80.4 cm³/mol. The van der Waals surface area contributed by atoms with E-state index in [0.717, 1.165) is 43.4 Å². The van der Waals surface area contributed by atoms with Crippen LogP contribution in [0, 0.1) is 12.3 Å². The molecule has 0 unspecified atom stereocenters. The number of hydrogen-bond acceptors (Lipinski definition) is 2. The molecule has 1 saturated carbocycles. The monoisotopic (exact) mass is 280 g/mol. The summed E-state index contributed by atoms with van der Waals surface area (Å²) in [4.78, 5) is 12.5. The normalized spacial score (nSPS) is 17.4. The molecule has 1 aliphatic carbocycles. The fourth-order valence-corrected chi connectivity index (χ4v) is 3.05. The van der Waals surface area contributed by atoms with Crippen molar-refractivity contribution in [2.45, 2.75) is 46.0 Å². The van der Waals surface area contributed by atoms with Crippen molar-refractivity contribution in [2.24, 2.45) is 5.41 Å². The number of anilines is 2. The number of amides is 1. The Morgan fingerprint density at radius 2 is 2.05 bits per heavy atom. The summed E-state index contributed by atoms with van der Waals surface area (Å²) in [5.41, 5.74) is 7.81. The van der Waals surface area contributed by atoms with E-state index in [0.29, 0.717) is 10.7 Å². The molecule has 4 heteroatoms. The maximum absolute atomic E-state index is 12.5. The Morgan fingerprint density at radius 1 is 1.42 bits per heavy atom. The Kier molecular flexibility index (Phi) is 4.04. The summed E-state index contributed by atoms with van der Waals surface area (Å²) >= 11 is 6.02. The van der Waals surface area contributed by atoms with Crippen LogP contribution in [0.2, 0.25) is 5.02 Å². The molecule has 1 fully saturated rings. The van der Waals surface area contributed by atoms with E-state index >= 15 is 0 Å². The van der Waals surface area contributed by atoms with E-state index in [1.54, 1.807) is 12.1 Å². The molecule has 0 aliphatic heterocycles. The molecule has 0 atom stereocenters. The number of nitrogens with two attached hydrogens (primary N) is 1. The number of carbonyl (C=O) groups is 1. The summed E-state index contributed by atoms with van der Waals surface area (Å²) in [5, 5.41) is 3.52. The first-order valence-electron chi connectivity index (χ1n) is 6.85. The van der Waals surface area contributed by atoms with Crippen LogP contribution in [-0.2, 0) is 4.79 Å². The number of carbonyl (C=O) groups excluding carboxylic acids is 1. The summed E-state index contributed by atoms with van der Waals surface area (Å²) in [5.74, 6) is 0.122. The molecule has 1 amide bonds. The number of benzene rings is 1. The minimum Gasteiger partial charge on any atom is -0.398 e. The van der Waals surface area contributed by atoms with Crippen molar-refractivity contribution in [2.75, 3.05) is 11.1 Å². The molecule has 3 N–H and O–H groups in total. The molecule has 1 aromatic carbocycles. The molecule has 1 aliphatic rings. The zero-order valence-corrected chi connectivity index (χ0v) is 12.3. The Labute approximate surface area is 119 Å². The van der Waals surface area contributed by atoms with Gasteiger partial charge in [0.1, 0.15) is 0 Å². The number of nitrogen functional groups attached to an aromatic ring is 1. The number of rotatable bonds is 3. The third-order valence-corrected chi connectivity index (χ3v) is 4.64. The predicted octanol–water partition coefficient (Wildman–Crippen LogP) is 4.14. The van der Waals surface area contributed by atoms with Crippen molar-refractivity contribution >= 4 is 28.9 Å². The molecular formula is C15H21ClN2O. The Balaban J connectivity index is 2.21. The van der Waals surface area contributed by atoms with Crippen LogP contribution in [0.3, 0.4) is 0 Å². The minimum absolute atomic E-state index is 0.122. The minimum atomic E-state index is -0.194. The van der Waals surface area contributed by atoms with Crippen molar-refractivity contribution in [3.05, 3.63) is 22.7 Å². The Bertz CT molecular complexity index is 493. The largest absolute Gasteiger partial charge is 0.398 e. The zero-order valence-electron chi connectivity index (χ0n) is 11.6. The second-order valence-electron chi connectivity index (χ2n) is 5.48. The third kappa shape index (κ3) is 2.71. The van der Waals surface area contributed by atoms with E-state index in [1.165, 1.54) is 0 Å². The van der Waals surface area contributed by atoms with Gasteiger partial charge < -0.3 is 11.1 Å². The smallest absolute Gasteiger partial charge is 0.230 e. The van der Waals surface area contributed by atoms with E-state index < -0.39 is 0 Å². The molecule has 3 nitrogen and oxygen atoms in total. The summed E-state index contributed by atoms with van der Waals surface area (Å²) in [6.07, 6.45) is 5.14. The zero-order chi connectivity index (χ0) is 14.0. The maximum atomic E-state index is 12.5. The van der Waals surface area contributed by atoms with Crippen LogP contribution in [-0.4, -0.2) is 5.91 Å². The second kappa shape index (κ2) is 5.41. The lowest BCUT2D eigenvalue weighted by Gasteiger charge is -2.26. The van der Waals surface area contributed by atoms with E-state index in [-0.39, 0.29) is 11.3 Å². The van der Waals surface area contributed by atoms with Crippen molar-refractivity contribution in [3.8, 4) is 0 Å². The first-order chi connectivity index (χ1) is 8.98. The van der Waals surface area contributed by atoms with Crippen LogP contribution >= 0.6 is 11.6 Å². The van der Waals surface area contributed by atoms with Gasteiger partial charge in [0, 0.05) is 11.1 Å². The van der Waals surface area contributed by atoms with Gasteiger partial charge in [-0.05, 0) is 43.9 Å². The van der Waals surface area contributed by atoms with Crippen LogP contribution in [0.5, 0.6) is 0 Å². The van der Waals surface area contributed by atoms with Gasteiger partial charge in [0.25, 0.3) is 0 Å². The molecular weight excluding hydrogens is 260 g/mol. The van der Waals surface area contributed by atoms with E-state index in [2.05, 4.69) is 12.2 Å². The fourth-order valence-electron chi connectivity index (χ4n) is 2.89. The highest BCUT2D eigenvalue weighted by Gasteiger charge is 2.39. The van der Waals surface area contributed by atoms with Gasteiger partial charge in [-0.25, -0.2) is 0 Å². The molecule has 19 heavy (non-hydrogen) atoms. The van der Waals surface area contributed by atoms with Crippen molar-refractivity contribution < 1.29 is 4.79 Å². The van der Waals surface area contributed by atoms with Crippen molar-refractivity contribution in [1.29, 1.82) is 0 Å². The average Bonchev–Trinajstić information content (AvgIpc) is 2.86. The lowest BCUT2D eigenvalue weighted by molar-refractivity contribution is -0.125. The standard InChI is InChI=1S/C15H21ClN2O/c1-3-15(6-4-5-7-15)14(19)18-13-9-11(16)12(17)8-10(13)2/h8-9H,3-7,17H2,1-2H3,(H,18,19). The van der Waals surface area contributed by atoms with Gasteiger partial charge in [-0.1, -0.05) is 31.4 Å². The van der Waals surface area contributed by atoms with Crippen LogP contribution in [0.1, 0.15) is 44.6 Å². The second-order valence-corrected chi connectivity index (χ2v) is 5.89. The maximum Gasteiger partial charge on any atom is 0.230 e. The molecule has 0 saturated heterocycles. The van der Waals surface area contributed by atoms with E-state index in [9.17, 15) is 4.79 Å². The van der Waals surface area contributed by atoms with Gasteiger partial charge >= 0.3 is 0 Å². The highest BCUT2D eigenvalue weighted by atomic mass is 35.5. The van der Waals surface area contributed by atoms with Crippen LogP contribution in [0.4, 0.5) is 11.4 Å².